The highest BCUT2D eigenvalue weighted by Crippen LogP contribution is 2.25. The van der Waals surface area contributed by atoms with Gasteiger partial charge >= 0.3 is 11.9 Å². The number of carboxylic acids is 1. The zero-order chi connectivity index (χ0) is 21.5. The van der Waals surface area contributed by atoms with E-state index in [1.54, 1.807) is 23.9 Å². The molecule has 3 aromatic rings. The minimum absolute atomic E-state index is 0.220. The third-order valence-electron chi connectivity index (χ3n) is 4.94. The summed E-state index contributed by atoms with van der Waals surface area (Å²) in [7, 11) is 0. The second-order valence-corrected chi connectivity index (χ2v) is 8.15. The third-order valence-corrected chi connectivity index (χ3v) is 6.00. The number of aryl methyl sites for hydroxylation is 2. The largest absolute Gasteiger partial charge is 0.478 e. The normalized spacial score (nSPS) is 10.6. The van der Waals surface area contributed by atoms with Crippen LogP contribution in [0, 0.1) is 13.8 Å². The average Bonchev–Trinajstić information content (AvgIpc) is 2.73. The molecule has 0 unspecified atom stereocenters. The lowest BCUT2D eigenvalue weighted by Gasteiger charge is -2.11. The van der Waals surface area contributed by atoms with Crippen molar-refractivity contribution in [2.24, 2.45) is 0 Å². The Bertz CT molecular complexity index is 1020. The number of rotatable bonds is 8. The Labute approximate surface area is 180 Å². The highest BCUT2D eigenvalue weighted by molar-refractivity contribution is 7.98. The van der Waals surface area contributed by atoms with Crippen molar-refractivity contribution in [1.82, 2.24) is 0 Å². The van der Waals surface area contributed by atoms with Gasteiger partial charge in [-0.3, -0.25) is 4.79 Å². The minimum Gasteiger partial charge on any atom is -0.478 e. The van der Waals surface area contributed by atoms with Crippen LogP contribution in [0.1, 0.15) is 38.2 Å². The van der Waals surface area contributed by atoms with E-state index < -0.39 is 5.97 Å². The lowest BCUT2D eigenvalue weighted by molar-refractivity contribution is -0.144. The summed E-state index contributed by atoms with van der Waals surface area (Å²) < 4.78 is 5.47. The van der Waals surface area contributed by atoms with Gasteiger partial charge in [-0.1, -0.05) is 48.5 Å². The van der Waals surface area contributed by atoms with E-state index in [0.29, 0.717) is 11.3 Å². The minimum atomic E-state index is -0.916. The van der Waals surface area contributed by atoms with Gasteiger partial charge in [0.1, 0.15) is 6.61 Å². The van der Waals surface area contributed by atoms with E-state index in [1.807, 2.05) is 68.4 Å². The second-order valence-electron chi connectivity index (χ2n) is 7.10. The Morgan fingerprint density at radius 2 is 1.57 bits per heavy atom. The van der Waals surface area contributed by atoms with Gasteiger partial charge in [0.15, 0.2) is 0 Å². The number of hydrogen-bond acceptors (Lipinski definition) is 4. The van der Waals surface area contributed by atoms with Crippen LogP contribution in [0.2, 0.25) is 0 Å². The Balaban J connectivity index is 1.53. The molecule has 5 heteroatoms. The van der Waals surface area contributed by atoms with E-state index in [0.717, 1.165) is 32.7 Å². The van der Waals surface area contributed by atoms with E-state index in [2.05, 4.69) is 0 Å². The molecule has 0 saturated heterocycles. The first kappa shape index (κ1) is 21.7. The molecule has 4 nitrogen and oxygen atoms in total. The quantitative estimate of drug-likeness (QED) is 0.381. The second kappa shape index (κ2) is 10.1. The summed E-state index contributed by atoms with van der Waals surface area (Å²) in [5.41, 5.74) is 5.29. The zero-order valence-electron chi connectivity index (χ0n) is 17.1. The van der Waals surface area contributed by atoms with Crippen LogP contribution < -0.4 is 0 Å². The fraction of sp³-hybridized carbons (Fsp3) is 0.200. The summed E-state index contributed by atoms with van der Waals surface area (Å²) in [6.07, 6.45) is 0.220. The molecule has 0 aliphatic rings. The maximum atomic E-state index is 12.2. The van der Waals surface area contributed by atoms with Crippen molar-refractivity contribution in [3.05, 3.63) is 100 Å². The molecule has 30 heavy (non-hydrogen) atoms. The lowest BCUT2D eigenvalue weighted by atomic mass is 10.0. The number of ether oxygens (including phenoxy) is 1. The molecular weight excluding hydrogens is 396 g/mol. The van der Waals surface area contributed by atoms with E-state index in [-0.39, 0.29) is 19.0 Å². The van der Waals surface area contributed by atoms with Crippen LogP contribution in [0.15, 0.2) is 71.6 Å². The number of carbonyl (C=O) groups excluding carboxylic acids is 1. The SMILES string of the molecule is Cc1cccc(C)c1COC(=O)Cc1ccc(SCc2ccccc2C(=O)O)cc1. The van der Waals surface area contributed by atoms with Crippen LogP contribution >= 0.6 is 11.8 Å². The van der Waals surface area contributed by atoms with Gasteiger partial charge < -0.3 is 9.84 Å². The molecular formula is C25H24O4S. The Kier molecular flexibility index (Phi) is 7.31. The predicted molar refractivity (Wildman–Crippen MR) is 119 cm³/mol. The predicted octanol–water partition coefficient (Wildman–Crippen LogP) is 5.58. The molecule has 0 aliphatic heterocycles. The first-order valence-corrected chi connectivity index (χ1v) is 10.7. The van der Waals surface area contributed by atoms with Crippen LogP contribution in [0.3, 0.4) is 0 Å². The molecule has 0 radical (unpaired) electrons. The molecule has 0 amide bonds. The van der Waals surface area contributed by atoms with Crippen molar-refractivity contribution in [2.75, 3.05) is 0 Å². The highest BCUT2D eigenvalue weighted by atomic mass is 32.2. The fourth-order valence-corrected chi connectivity index (χ4v) is 4.07. The standard InChI is InChI=1S/C25H24O4S/c1-17-6-5-7-18(2)23(17)15-29-24(26)14-19-10-12-21(13-11-19)30-16-20-8-3-4-9-22(20)25(27)28/h3-13H,14-16H2,1-2H3,(H,27,28). The van der Waals surface area contributed by atoms with Crippen molar-refractivity contribution in [3.63, 3.8) is 0 Å². The zero-order valence-corrected chi connectivity index (χ0v) is 17.9. The number of carboxylic acid groups (broad SMARTS) is 1. The molecule has 0 bridgehead atoms. The molecule has 154 valence electrons. The molecule has 0 aromatic heterocycles. The first-order chi connectivity index (χ1) is 14.4. The molecule has 0 saturated carbocycles. The van der Waals surface area contributed by atoms with Crippen molar-refractivity contribution in [3.8, 4) is 0 Å². The Morgan fingerprint density at radius 1 is 0.900 bits per heavy atom. The van der Waals surface area contributed by atoms with Crippen molar-refractivity contribution in [1.29, 1.82) is 0 Å². The maximum Gasteiger partial charge on any atom is 0.335 e. The van der Waals surface area contributed by atoms with Gasteiger partial charge in [-0.05, 0) is 59.9 Å². The number of esters is 1. The van der Waals surface area contributed by atoms with Crippen LogP contribution in [-0.2, 0) is 28.3 Å². The molecule has 0 heterocycles. The molecule has 0 aliphatic carbocycles. The Hall–Kier alpha value is -3.05. The maximum absolute atomic E-state index is 12.2. The molecule has 0 fully saturated rings. The average molecular weight is 421 g/mol. The summed E-state index contributed by atoms with van der Waals surface area (Å²) in [6, 6.07) is 20.8. The third kappa shape index (κ3) is 5.74. The summed E-state index contributed by atoms with van der Waals surface area (Å²) in [6.45, 7) is 4.32. The summed E-state index contributed by atoms with van der Waals surface area (Å²) >= 11 is 1.56. The lowest BCUT2D eigenvalue weighted by Crippen LogP contribution is -2.09. The van der Waals surface area contributed by atoms with Crippen molar-refractivity contribution >= 4 is 23.7 Å². The monoisotopic (exact) mass is 420 g/mol. The van der Waals surface area contributed by atoms with Crippen molar-refractivity contribution < 1.29 is 19.4 Å². The van der Waals surface area contributed by atoms with E-state index in [4.69, 9.17) is 4.74 Å². The van der Waals surface area contributed by atoms with Crippen LogP contribution in [0.25, 0.3) is 0 Å². The number of hydrogen-bond donors (Lipinski definition) is 1. The number of carbonyl (C=O) groups is 2. The summed E-state index contributed by atoms with van der Waals surface area (Å²) in [5.74, 6) is -0.603. The van der Waals surface area contributed by atoms with Gasteiger partial charge in [0.25, 0.3) is 0 Å². The van der Waals surface area contributed by atoms with Crippen molar-refractivity contribution in [2.45, 2.75) is 37.5 Å². The van der Waals surface area contributed by atoms with Gasteiger partial charge in [0.2, 0.25) is 0 Å². The summed E-state index contributed by atoms with van der Waals surface area (Å²) in [5, 5.41) is 9.28. The van der Waals surface area contributed by atoms with Gasteiger partial charge in [-0.2, -0.15) is 0 Å². The Morgan fingerprint density at radius 3 is 2.23 bits per heavy atom. The molecule has 0 spiro atoms. The van der Waals surface area contributed by atoms with Gasteiger partial charge in [-0.15, -0.1) is 11.8 Å². The molecule has 1 N–H and O–H groups in total. The fourth-order valence-electron chi connectivity index (χ4n) is 3.17. The van der Waals surface area contributed by atoms with Gasteiger partial charge in [0.05, 0.1) is 12.0 Å². The molecule has 0 atom stereocenters. The molecule has 3 rings (SSSR count). The highest BCUT2D eigenvalue weighted by Gasteiger charge is 2.10. The van der Waals surface area contributed by atoms with Crippen LogP contribution in [-0.4, -0.2) is 17.0 Å². The first-order valence-electron chi connectivity index (χ1n) is 9.67. The number of aromatic carboxylic acids is 1. The van der Waals surface area contributed by atoms with E-state index >= 15 is 0 Å². The van der Waals surface area contributed by atoms with Gasteiger partial charge in [-0.25, -0.2) is 4.79 Å². The van der Waals surface area contributed by atoms with Gasteiger partial charge in [0, 0.05) is 10.6 Å². The van der Waals surface area contributed by atoms with E-state index in [1.165, 1.54) is 0 Å². The van der Waals surface area contributed by atoms with Crippen LogP contribution in [0.5, 0.6) is 0 Å². The molecule has 3 aromatic carbocycles. The topological polar surface area (TPSA) is 63.6 Å². The number of benzene rings is 3. The smallest absolute Gasteiger partial charge is 0.335 e. The number of thioether (sulfide) groups is 1. The summed E-state index contributed by atoms with van der Waals surface area (Å²) in [4.78, 5) is 24.5. The van der Waals surface area contributed by atoms with Crippen LogP contribution in [0.4, 0.5) is 0 Å². The van der Waals surface area contributed by atoms with E-state index in [9.17, 15) is 14.7 Å².